The van der Waals surface area contributed by atoms with E-state index in [-0.39, 0.29) is 17.4 Å². The van der Waals surface area contributed by atoms with Gasteiger partial charge >= 0.3 is 0 Å². The van der Waals surface area contributed by atoms with Crippen LogP contribution in [-0.4, -0.2) is 47.0 Å². The highest BCUT2D eigenvalue weighted by Crippen LogP contribution is 2.08. The molecule has 0 saturated carbocycles. The van der Waals surface area contributed by atoms with Gasteiger partial charge in [-0.25, -0.2) is 4.39 Å². The number of hydrogen-bond donors (Lipinski definition) is 1. The lowest BCUT2D eigenvalue weighted by Gasteiger charge is -2.21. The largest absolute Gasteiger partial charge is 0.392 e. The number of ketones is 1. The van der Waals surface area contributed by atoms with Crippen LogP contribution in [0.3, 0.4) is 0 Å². The molecule has 1 heterocycles. The van der Waals surface area contributed by atoms with Gasteiger partial charge in [-0.2, -0.15) is 0 Å². The Morgan fingerprint density at radius 3 is 2.61 bits per heavy atom. The first kappa shape index (κ1) is 14.7. The van der Waals surface area contributed by atoms with Crippen LogP contribution in [0.1, 0.15) is 24.3 Å². The van der Waals surface area contributed by atoms with E-state index >= 15 is 0 Å². The molecule has 0 radical (unpaired) electrons. The average Bonchev–Trinajstić information content (AvgIpc) is 2.27. The van der Waals surface area contributed by atoms with Crippen molar-refractivity contribution in [2.75, 3.05) is 20.1 Å². The maximum Gasteiger partial charge on any atom is 0.185 e. The van der Waals surface area contributed by atoms with E-state index < -0.39 is 11.9 Å². The first-order chi connectivity index (χ1) is 8.40. The number of hydrogen-bond acceptors (Lipinski definition) is 4. The number of Topliss-reactive ketones (excluding diaryl/α,β-unsaturated/α-hetero) is 1. The summed E-state index contributed by atoms with van der Waals surface area (Å²) in [4.78, 5) is 17.7. The molecule has 1 N–H and O–H groups in total. The van der Waals surface area contributed by atoms with Crippen LogP contribution >= 0.6 is 0 Å². The number of pyridine rings is 1. The molecule has 1 aromatic rings. The predicted molar refractivity (Wildman–Crippen MR) is 66.9 cm³/mol. The fraction of sp³-hybridized carbons (Fsp3) is 0.538. The highest BCUT2D eigenvalue weighted by Gasteiger charge is 2.18. The highest BCUT2D eigenvalue weighted by molar-refractivity contribution is 5.95. The third-order valence-electron chi connectivity index (χ3n) is 2.59. The molecule has 100 valence electrons. The number of nitrogens with zero attached hydrogens (tertiary/aromatic N) is 2. The summed E-state index contributed by atoms with van der Waals surface area (Å²) in [5.41, 5.74) is 0.273. The van der Waals surface area contributed by atoms with E-state index in [9.17, 15) is 14.3 Å². The average molecular weight is 254 g/mol. The van der Waals surface area contributed by atoms with Crippen molar-refractivity contribution in [2.45, 2.75) is 20.0 Å². The van der Waals surface area contributed by atoms with Crippen LogP contribution in [0.2, 0.25) is 0 Å². The Bertz CT molecular complexity index is 392. The van der Waals surface area contributed by atoms with Gasteiger partial charge in [-0.1, -0.05) is 6.92 Å². The zero-order valence-corrected chi connectivity index (χ0v) is 10.9. The molecule has 0 aliphatic heterocycles. The Labute approximate surface area is 106 Å². The maximum absolute atomic E-state index is 12.7. The van der Waals surface area contributed by atoms with Crippen LogP contribution in [0, 0.1) is 11.7 Å². The monoisotopic (exact) mass is 254 g/mol. The SMILES string of the molecule is CC(O)CN(C)CC(C)C(=O)c1ccc(F)cn1. The van der Waals surface area contributed by atoms with Gasteiger partial charge in [-0.3, -0.25) is 9.78 Å². The summed E-state index contributed by atoms with van der Waals surface area (Å²) in [5, 5.41) is 9.24. The molecule has 1 aromatic heterocycles. The summed E-state index contributed by atoms with van der Waals surface area (Å²) in [7, 11) is 1.84. The van der Waals surface area contributed by atoms with E-state index in [0.717, 1.165) is 6.20 Å². The summed E-state index contributed by atoms with van der Waals surface area (Å²) >= 11 is 0. The van der Waals surface area contributed by atoms with E-state index in [2.05, 4.69) is 4.98 Å². The van der Waals surface area contributed by atoms with Crippen molar-refractivity contribution in [3.05, 3.63) is 29.8 Å². The molecule has 0 aliphatic carbocycles. The standard InChI is InChI=1S/C13H19FN2O2/c1-9(7-16(3)8-10(2)17)13(18)12-5-4-11(14)6-15-12/h4-6,9-10,17H,7-8H2,1-3H3. The van der Waals surface area contributed by atoms with Gasteiger partial charge in [0.25, 0.3) is 0 Å². The second kappa shape index (κ2) is 6.56. The van der Waals surface area contributed by atoms with Crippen molar-refractivity contribution >= 4 is 5.78 Å². The Hall–Kier alpha value is -1.33. The molecule has 0 fully saturated rings. The molecule has 4 nitrogen and oxygen atoms in total. The molecular formula is C13H19FN2O2. The van der Waals surface area contributed by atoms with Gasteiger partial charge in [-0.15, -0.1) is 0 Å². The summed E-state index contributed by atoms with van der Waals surface area (Å²) in [6, 6.07) is 2.62. The molecule has 1 rings (SSSR count). The van der Waals surface area contributed by atoms with Crippen LogP contribution in [0.5, 0.6) is 0 Å². The summed E-state index contributed by atoms with van der Waals surface area (Å²) < 4.78 is 12.7. The Balaban J connectivity index is 2.58. The molecule has 18 heavy (non-hydrogen) atoms. The van der Waals surface area contributed by atoms with Gasteiger partial charge in [0.05, 0.1) is 12.3 Å². The van der Waals surface area contributed by atoms with Crippen LogP contribution in [0.15, 0.2) is 18.3 Å². The normalized spacial score (nSPS) is 14.6. The van der Waals surface area contributed by atoms with Gasteiger partial charge in [0.2, 0.25) is 0 Å². The van der Waals surface area contributed by atoms with Gasteiger partial charge in [-0.05, 0) is 26.1 Å². The fourth-order valence-corrected chi connectivity index (χ4v) is 1.85. The zero-order valence-electron chi connectivity index (χ0n) is 10.9. The molecule has 5 heteroatoms. The lowest BCUT2D eigenvalue weighted by molar-refractivity contribution is 0.0864. The third kappa shape index (κ3) is 4.50. The summed E-state index contributed by atoms with van der Waals surface area (Å²) in [5.74, 6) is -0.815. The molecular weight excluding hydrogens is 235 g/mol. The van der Waals surface area contributed by atoms with Crippen molar-refractivity contribution in [3.63, 3.8) is 0 Å². The van der Waals surface area contributed by atoms with Gasteiger partial charge in [0, 0.05) is 19.0 Å². The summed E-state index contributed by atoms with van der Waals surface area (Å²) in [6.45, 7) is 4.54. The fourth-order valence-electron chi connectivity index (χ4n) is 1.85. The lowest BCUT2D eigenvalue weighted by atomic mass is 10.0. The zero-order chi connectivity index (χ0) is 13.7. The number of aliphatic hydroxyl groups is 1. The number of aliphatic hydroxyl groups excluding tert-OH is 1. The smallest absolute Gasteiger partial charge is 0.185 e. The first-order valence-electron chi connectivity index (χ1n) is 5.92. The third-order valence-corrected chi connectivity index (χ3v) is 2.59. The summed E-state index contributed by atoms with van der Waals surface area (Å²) in [6.07, 6.45) is 0.612. The van der Waals surface area contributed by atoms with Crippen molar-refractivity contribution in [3.8, 4) is 0 Å². The molecule has 0 bridgehead atoms. The Kier molecular flexibility index (Phi) is 5.37. The van der Waals surface area contributed by atoms with Gasteiger partial charge in [0.1, 0.15) is 11.5 Å². The predicted octanol–water partition coefficient (Wildman–Crippen LogP) is 1.35. The molecule has 0 aliphatic rings. The van der Waals surface area contributed by atoms with E-state index in [4.69, 9.17) is 0 Å². The van der Waals surface area contributed by atoms with Crippen molar-refractivity contribution in [1.82, 2.24) is 9.88 Å². The number of aromatic nitrogens is 1. The highest BCUT2D eigenvalue weighted by atomic mass is 19.1. The lowest BCUT2D eigenvalue weighted by Crippen LogP contribution is -2.33. The van der Waals surface area contributed by atoms with Crippen molar-refractivity contribution < 1.29 is 14.3 Å². The Morgan fingerprint density at radius 1 is 1.44 bits per heavy atom. The maximum atomic E-state index is 12.7. The number of halogens is 1. The molecule has 2 unspecified atom stereocenters. The number of rotatable bonds is 6. The van der Waals surface area contributed by atoms with Crippen LogP contribution in [0.25, 0.3) is 0 Å². The van der Waals surface area contributed by atoms with Crippen molar-refractivity contribution in [2.24, 2.45) is 5.92 Å². The second-order valence-electron chi connectivity index (χ2n) is 4.70. The topological polar surface area (TPSA) is 53.4 Å². The molecule has 0 amide bonds. The van der Waals surface area contributed by atoms with E-state index in [0.29, 0.717) is 13.1 Å². The Morgan fingerprint density at radius 2 is 2.11 bits per heavy atom. The minimum Gasteiger partial charge on any atom is -0.392 e. The van der Waals surface area contributed by atoms with E-state index in [1.807, 2.05) is 11.9 Å². The molecule has 0 spiro atoms. The molecule has 0 aromatic carbocycles. The number of likely N-dealkylation sites (N-methyl/N-ethyl adjacent to an activating group) is 1. The van der Waals surface area contributed by atoms with Gasteiger partial charge in [0.15, 0.2) is 5.78 Å². The quantitative estimate of drug-likeness (QED) is 0.779. The number of carbonyl (C=O) groups excluding carboxylic acids is 1. The minimum atomic E-state index is -0.453. The second-order valence-corrected chi connectivity index (χ2v) is 4.70. The van der Waals surface area contributed by atoms with Crippen LogP contribution in [0.4, 0.5) is 4.39 Å². The van der Waals surface area contributed by atoms with Crippen LogP contribution < -0.4 is 0 Å². The van der Waals surface area contributed by atoms with Crippen molar-refractivity contribution in [1.29, 1.82) is 0 Å². The molecule has 0 saturated heterocycles. The number of carbonyl (C=O) groups is 1. The minimum absolute atomic E-state index is 0.118. The van der Waals surface area contributed by atoms with Crippen LogP contribution in [-0.2, 0) is 0 Å². The van der Waals surface area contributed by atoms with E-state index in [1.165, 1.54) is 12.1 Å². The van der Waals surface area contributed by atoms with E-state index in [1.54, 1.807) is 13.8 Å². The molecule has 2 atom stereocenters. The first-order valence-corrected chi connectivity index (χ1v) is 5.92. The van der Waals surface area contributed by atoms with Gasteiger partial charge < -0.3 is 10.0 Å².